The monoisotopic (exact) mass is 272 g/mol. The average molecular weight is 272 g/mol. The van der Waals surface area contributed by atoms with Gasteiger partial charge in [-0.25, -0.2) is 4.79 Å². The number of amides is 2. The molecule has 1 saturated heterocycles. The van der Waals surface area contributed by atoms with E-state index < -0.39 is 11.9 Å². The van der Waals surface area contributed by atoms with Crippen molar-refractivity contribution in [2.75, 3.05) is 26.2 Å². The second kappa shape index (κ2) is 7.33. The third-order valence-electron chi connectivity index (χ3n) is 3.71. The molecule has 3 N–H and O–H groups in total. The van der Waals surface area contributed by atoms with Gasteiger partial charge in [0.2, 0.25) is 0 Å². The van der Waals surface area contributed by atoms with Crippen LogP contribution in [0.25, 0.3) is 0 Å². The molecule has 0 aliphatic carbocycles. The standard InChI is InChI=1S/C13H24N2O4/c1-9(2)11(12(17)18)7-14-13(19)15-5-3-10(8-15)4-6-16/h9-11,16H,3-8H2,1-2H3,(H,14,19)(H,17,18). The van der Waals surface area contributed by atoms with E-state index in [4.69, 9.17) is 10.2 Å². The summed E-state index contributed by atoms with van der Waals surface area (Å²) in [5.41, 5.74) is 0. The molecule has 19 heavy (non-hydrogen) atoms. The second-order valence-electron chi connectivity index (χ2n) is 5.49. The molecule has 0 spiro atoms. The summed E-state index contributed by atoms with van der Waals surface area (Å²) in [7, 11) is 0. The van der Waals surface area contributed by atoms with Gasteiger partial charge in [-0.2, -0.15) is 0 Å². The maximum atomic E-state index is 11.9. The van der Waals surface area contributed by atoms with Crippen molar-refractivity contribution in [2.24, 2.45) is 17.8 Å². The zero-order valence-electron chi connectivity index (χ0n) is 11.6. The van der Waals surface area contributed by atoms with E-state index in [-0.39, 0.29) is 25.1 Å². The lowest BCUT2D eigenvalue weighted by Crippen LogP contribution is -2.43. The molecule has 2 atom stereocenters. The van der Waals surface area contributed by atoms with Gasteiger partial charge in [0.05, 0.1) is 5.92 Å². The average Bonchev–Trinajstić information content (AvgIpc) is 2.77. The Morgan fingerprint density at radius 2 is 2.11 bits per heavy atom. The first-order chi connectivity index (χ1) is 8.95. The Bertz CT molecular complexity index is 320. The van der Waals surface area contributed by atoms with Crippen molar-refractivity contribution in [3.05, 3.63) is 0 Å². The number of aliphatic carboxylic acids is 1. The summed E-state index contributed by atoms with van der Waals surface area (Å²) in [4.78, 5) is 24.6. The minimum absolute atomic E-state index is 0.0153. The van der Waals surface area contributed by atoms with Crippen LogP contribution in [0, 0.1) is 17.8 Å². The van der Waals surface area contributed by atoms with Crippen LogP contribution in [0.15, 0.2) is 0 Å². The molecule has 1 rings (SSSR count). The fraction of sp³-hybridized carbons (Fsp3) is 0.846. The maximum absolute atomic E-state index is 11.9. The number of carboxylic acid groups (broad SMARTS) is 1. The summed E-state index contributed by atoms with van der Waals surface area (Å²) < 4.78 is 0. The molecule has 110 valence electrons. The minimum atomic E-state index is -0.880. The Balaban J connectivity index is 2.37. The van der Waals surface area contributed by atoms with Crippen LogP contribution < -0.4 is 5.32 Å². The predicted molar refractivity (Wildman–Crippen MR) is 70.7 cm³/mol. The van der Waals surface area contributed by atoms with E-state index in [1.165, 1.54) is 0 Å². The quantitative estimate of drug-likeness (QED) is 0.666. The topological polar surface area (TPSA) is 89.9 Å². The highest BCUT2D eigenvalue weighted by molar-refractivity contribution is 5.76. The first kappa shape index (κ1) is 15.8. The van der Waals surface area contributed by atoms with Gasteiger partial charge in [-0.15, -0.1) is 0 Å². The number of aliphatic hydroxyl groups excluding tert-OH is 1. The highest BCUT2D eigenvalue weighted by Crippen LogP contribution is 2.19. The van der Waals surface area contributed by atoms with Crippen LogP contribution >= 0.6 is 0 Å². The van der Waals surface area contributed by atoms with Crippen LogP contribution in [0.1, 0.15) is 26.7 Å². The lowest BCUT2D eigenvalue weighted by molar-refractivity contribution is -0.142. The van der Waals surface area contributed by atoms with Gasteiger partial charge >= 0.3 is 12.0 Å². The molecule has 6 heteroatoms. The number of nitrogens with zero attached hydrogens (tertiary/aromatic N) is 1. The minimum Gasteiger partial charge on any atom is -0.481 e. The van der Waals surface area contributed by atoms with Crippen LogP contribution in [-0.2, 0) is 4.79 Å². The van der Waals surface area contributed by atoms with Gasteiger partial charge in [0.15, 0.2) is 0 Å². The Labute approximate surface area is 113 Å². The number of carbonyl (C=O) groups excluding carboxylic acids is 1. The largest absolute Gasteiger partial charge is 0.481 e. The molecule has 2 unspecified atom stereocenters. The van der Waals surface area contributed by atoms with Gasteiger partial charge in [0.25, 0.3) is 0 Å². The maximum Gasteiger partial charge on any atom is 0.317 e. The first-order valence-corrected chi connectivity index (χ1v) is 6.82. The number of nitrogens with one attached hydrogen (secondary N) is 1. The van der Waals surface area contributed by atoms with E-state index in [1.807, 2.05) is 13.8 Å². The van der Waals surface area contributed by atoms with Crippen LogP contribution in [0.3, 0.4) is 0 Å². The van der Waals surface area contributed by atoms with Crippen molar-refractivity contribution < 1.29 is 19.8 Å². The van der Waals surface area contributed by atoms with E-state index in [9.17, 15) is 9.59 Å². The van der Waals surface area contributed by atoms with Gasteiger partial charge in [-0.1, -0.05) is 13.8 Å². The van der Waals surface area contributed by atoms with E-state index in [0.717, 1.165) is 6.42 Å². The normalized spacial score (nSPS) is 20.6. The molecule has 0 saturated carbocycles. The van der Waals surface area contributed by atoms with Crippen LogP contribution in [-0.4, -0.2) is 53.4 Å². The summed E-state index contributed by atoms with van der Waals surface area (Å²) in [6.07, 6.45) is 1.62. The SMILES string of the molecule is CC(C)C(CNC(=O)N1CCC(CCO)C1)C(=O)O. The second-order valence-corrected chi connectivity index (χ2v) is 5.49. The smallest absolute Gasteiger partial charge is 0.317 e. The molecule has 1 aliphatic heterocycles. The number of hydrogen-bond donors (Lipinski definition) is 3. The van der Waals surface area contributed by atoms with Crippen molar-refractivity contribution in [3.8, 4) is 0 Å². The van der Waals surface area contributed by atoms with Crippen LogP contribution in [0.4, 0.5) is 4.79 Å². The fourth-order valence-corrected chi connectivity index (χ4v) is 2.35. The van der Waals surface area contributed by atoms with Gasteiger partial charge in [-0.05, 0) is 24.7 Å². The van der Waals surface area contributed by atoms with Crippen LogP contribution in [0.2, 0.25) is 0 Å². The summed E-state index contributed by atoms with van der Waals surface area (Å²) in [5.74, 6) is -1.09. The molecule has 1 fully saturated rings. The zero-order chi connectivity index (χ0) is 14.4. The molecule has 0 aromatic carbocycles. The van der Waals surface area contributed by atoms with Crippen molar-refractivity contribution >= 4 is 12.0 Å². The van der Waals surface area contributed by atoms with Crippen molar-refractivity contribution in [3.63, 3.8) is 0 Å². The number of hydrogen-bond acceptors (Lipinski definition) is 3. The number of likely N-dealkylation sites (tertiary alicyclic amines) is 1. The number of carboxylic acids is 1. The summed E-state index contributed by atoms with van der Waals surface area (Å²) >= 11 is 0. The summed E-state index contributed by atoms with van der Waals surface area (Å²) in [6, 6.07) is -0.202. The third-order valence-corrected chi connectivity index (χ3v) is 3.71. The summed E-state index contributed by atoms with van der Waals surface area (Å²) in [5, 5.41) is 20.6. The number of rotatable bonds is 6. The molecule has 0 bridgehead atoms. The van der Waals surface area contributed by atoms with E-state index in [1.54, 1.807) is 4.90 Å². The molecule has 0 radical (unpaired) electrons. The molecular formula is C13H24N2O4. The number of aliphatic hydroxyl groups is 1. The van der Waals surface area contributed by atoms with Gasteiger partial charge in [-0.3, -0.25) is 4.79 Å². The molecule has 1 heterocycles. The van der Waals surface area contributed by atoms with E-state index in [0.29, 0.717) is 25.4 Å². The summed E-state index contributed by atoms with van der Waals surface area (Å²) in [6.45, 7) is 5.29. The molecule has 0 aromatic heterocycles. The van der Waals surface area contributed by atoms with Crippen LogP contribution in [0.5, 0.6) is 0 Å². The number of carbonyl (C=O) groups is 2. The predicted octanol–water partition coefficient (Wildman–Crippen LogP) is 0.757. The van der Waals surface area contributed by atoms with Crippen molar-refractivity contribution in [2.45, 2.75) is 26.7 Å². The van der Waals surface area contributed by atoms with Crippen molar-refractivity contribution in [1.82, 2.24) is 10.2 Å². The first-order valence-electron chi connectivity index (χ1n) is 6.82. The Morgan fingerprint density at radius 1 is 1.42 bits per heavy atom. The Kier molecular flexibility index (Phi) is 6.08. The third kappa shape index (κ3) is 4.70. The molecule has 1 aliphatic rings. The molecule has 0 aromatic rings. The molecular weight excluding hydrogens is 248 g/mol. The van der Waals surface area contributed by atoms with E-state index >= 15 is 0 Å². The molecule has 2 amide bonds. The Hall–Kier alpha value is -1.30. The lowest BCUT2D eigenvalue weighted by atomic mass is 9.96. The highest BCUT2D eigenvalue weighted by atomic mass is 16.4. The zero-order valence-corrected chi connectivity index (χ0v) is 11.6. The Morgan fingerprint density at radius 3 is 2.63 bits per heavy atom. The lowest BCUT2D eigenvalue weighted by Gasteiger charge is -2.21. The van der Waals surface area contributed by atoms with Gasteiger partial charge in [0.1, 0.15) is 0 Å². The van der Waals surface area contributed by atoms with E-state index in [2.05, 4.69) is 5.32 Å². The molecule has 6 nitrogen and oxygen atoms in total. The highest BCUT2D eigenvalue weighted by Gasteiger charge is 2.27. The number of urea groups is 1. The van der Waals surface area contributed by atoms with Gasteiger partial charge in [0, 0.05) is 26.2 Å². The fourth-order valence-electron chi connectivity index (χ4n) is 2.35. The van der Waals surface area contributed by atoms with Crippen molar-refractivity contribution in [1.29, 1.82) is 0 Å². The van der Waals surface area contributed by atoms with Gasteiger partial charge < -0.3 is 20.4 Å².